The van der Waals surface area contributed by atoms with E-state index in [-0.39, 0.29) is 11.5 Å². The predicted octanol–water partition coefficient (Wildman–Crippen LogP) is 8.06. The molecule has 0 bridgehead atoms. The van der Waals surface area contributed by atoms with Gasteiger partial charge in [-0.15, -0.1) is 0 Å². The van der Waals surface area contributed by atoms with Gasteiger partial charge in [-0.3, -0.25) is 4.79 Å². The van der Waals surface area contributed by atoms with Gasteiger partial charge >= 0.3 is 0 Å². The molecule has 0 saturated heterocycles. The van der Waals surface area contributed by atoms with Gasteiger partial charge in [0, 0.05) is 21.2 Å². The summed E-state index contributed by atoms with van der Waals surface area (Å²) in [5.74, 6) is 1.57. The summed E-state index contributed by atoms with van der Waals surface area (Å²) in [5, 5.41) is 1.59. The molecule has 0 saturated carbocycles. The fraction of sp³-hybridized carbons (Fsp3) is 0. The van der Waals surface area contributed by atoms with E-state index >= 15 is 0 Å². The van der Waals surface area contributed by atoms with E-state index in [1.807, 2.05) is 18.2 Å². The summed E-state index contributed by atoms with van der Waals surface area (Å²) < 4.78 is 11.4. The van der Waals surface area contributed by atoms with Gasteiger partial charge in [0.15, 0.2) is 5.76 Å². The van der Waals surface area contributed by atoms with Gasteiger partial charge in [0.1, 0.15) is 17.3 Å². The van der Waals surface area contributed by atoms with Gasteiger partial charge in [0.2, 0.25) is 5.78 Å². The molecule has 2 heterocycles. The summed E-state index contributed by atoms with van der Waals surface area (Å²) in [4.78, 5) is 12.4. The first-order chi connectivity index (χ1) is 14.0. The maximum Gasteiger partial charge on any atom is 0.221 e. The number of halogens is 3. The number of ketones is 1. The number of benzene rings is 2. The van der Waals surface area contributed by atoms with Gasteiger partial charge in [-0.1, -0.05) is 46.9 Å². The zero-order valence-electron chi connectivity index (χ0n) is 14.9. The van der Waals surface area contributed by atoms with Crippen molar-refractivity contribution >= 4 is 46.7 Å². The van der Waals surface area contributed by atoms with Crippen LogP contribution in [-0.4, -0.2) is 5.78 Å². The van der Waals surface area contributed by atoms with Crippen LogP contribution in [0.1, 0.15) is 16.3 Å². The van der Waals surface area contributed by atoms with Gasteiger partial charge in [-0.25, -0.2) is 0 Å². The standard InChI is InChI=1S/C23H13Cl3O3/c24-15-11-14(12-16(25)13-15)21-8-6-17(28-21)5-7-20(27)23-10-9-22(29-23)18-3-1-2-4-19(18)26/h1-13H. The fourth-order valence-corrected chi connectivity index (χ4v) is 3.56. The molecule has 144 valence electrons. The minimum absolute atomic E-state index is 0.213. The Bertz CT molecular complexity index is 1200. The Morgan fingerprint density at radius 1 is 0.793 bits per heavy atom. The lowest BCUT2D eigenvalue weighted by molar-refractivity contribution is 0.102. The maximum atomic E-state index is 12.4. The lowest BCUT2D eigenvalue weighted by Gasteiger charge is -1.99. The van der Waals surface area contributed by atoms with E-state index in [0.717, 1.165) is 11.1 Å². The molecule has 2 aromatic heterocycles. The first kappa shape index (κ1) is 19.6. The number of carbonyl (C=O) groups excluding carboxylic acids is 1. The van der Waals surface area contributed by atoms with Crippen molar-refractivity contribution in [2.45, 2.75) is 0 Å². The van der Waals surface area contributed by atoms with Crippen LogP contribution in [0.2, 0.25) is 15.1 Å². The molecular formula is C23H13Cl3O3. The molecule has 0 unspecified atom stereocenters. The van der Waals surface area contributed by atoms with E-state index in [2.05, 4.69) is 0 Å². The highest BCUT2D eigenvalue weighted by atomic mass is 35.5. The highest BCUT2D eigenvalue weighted by molar-refractivity contribution is 6.35. The Morgan fingerprint density at radius 2 is 1.52 bits per heavy atom. The van der Waals surface area contributed by atoms with E-state index < -0.39 is 0 Å². The van der Waals surface area contributed by atoms with Crippen LogP contribution in [0, 0.1) is 0 Å². The second-order valence-electron chi connectivity index (χ2n) is 6.20. The summed E-state index contributed by atoms with van der Waals surface area (Å²) in [6.07, 6.45) is 2.97. The SMILES string of the molecule is O=C(C=Cc1ccc(-c2cc(Cl)cc(Cl)c2)o1)c1ccc(-c2ccccc2Cl)o1. The van der Waals surface area contributed by atoms with Gasteiger partial charge in [0.05, 0.1) is 5.02 Å². The number of allylic oxidation sites excluding steroid dienone is 1. The van der Waals surface area contributed by atoms with Gasteiger partial charge in [-0.05, 0) is 66.7 Å². The highest BCUT2D eigenvalue weighted by Crippen LogP contribution is 2.30. The van der Waals surface area contributed by atoms with Gasteiger partial charge < -0.3 is 8.83 Å². The molecule has 3 nitrogen and oxygen atoms in total. The largest absolute Gasteiger partial charge is 0.457 e. The zero-order chi connectivity index (χ0) is 20.4. The highest BCUT2D eigenvalue weighted by Gasteiger charge is 2.12. The molecule has 0 N–H and O–H groups in total. The quantitative estimate of drug-likeness (QED) is 0.231. The molecular weight excluding hydrogens is 431 g/mol. The molecule has 0 fully saturated rings. The van der Waals surface area contributed by atoms with Crippen LogP contribution in [0.5, 0.6) is 0 Å². The van der Waals surface area contributed by atoms with Crippen molar-refractivity contribution in [1.82, 2.24) is 0 Å². The fourth-order valence-electron chi connectivity index (χ4n) is 2.81. The van der Waals surface area contributed by atoms with Crippen LogP contribution < -0.4 is 0 Å². The Labute approximate surface area is 182 Å². The van der Waals surface area contributed by atoms with E-state index in [1.54, 1.807) is 54.6 Å². The molecule has 4 aromatic rings. The lowest BCUT2D eigenvalue weighted by Crippen LogP contribution is -1.90. The summed E-state index contributed by atoms with van der Waals surface area (Å²) in [6, 6.07) is 19.3. The van der Waals surface area contributed by atoms with Crippen LogP contribution in [0.15, 0.2) is 81.6 Å². The second kappa shape index (κ2) is 8.34. The molecule has 0 aliphatic rings. The number of furan rings is 2. The van der Waals surface area contributed by atoms with E-state index in [0.29, 0.717) is 32.3 Å². The average molecular weight is 444 g/mol. The van der Waals surface area contributed by atoms with E-state index in [1.165, 1.54) is 6.08 Å². The third-order valence-electron chi connectivity index (χ3n) is 4.16. The molecule has 0 atom stereocenters. The Hall–Kier alpha value is -2.72. The maximum absolute atomic E-state index is 12.4. The van der Waals surface area contributed by atoms with Crippen LogP contribution in [0.3, 0.4) is 0 Å². The Kier molecular flexibility index (Phi) is 5.63. The number of carbonyl (C=O) groups is 1. The molecule has 29 heavy (non-hydrogen) atoms. The van der Waals surface area contributed by atoms with E-state index in [4.69, 9.17) is 43.6 Å². The van der Waals surface area contributed by atoms with Gasteiger partial charge in [0.25, 0.3) is 0 Å². The minimum atomic E-state index is -0.285. The molecule has 0 amide bonds. The predicted molar refractivity (Wildman–Crippen MR) is 117 cm³/mol. The third kappa shape index (κ3) is 4.48. The topological polar surface area (TPSA) is 43.4 Å². The first-order valence-corrected chi connectivity index (χ1v) is 9.76. The van der Waals surface area contributed by atoms with Crippen LogP contribution >= 0.6 is 34.8 Å². The smallest absolute Gasteiger partial charge is 0.221 e. The van der Waals surface area contributed by atoms with Crippen LogP contribution in [-0.2, 0) is 0 Å². The molecule has 0 aliphatic heterocycles. The van der Waals surface area contributed by atoms with Crippen molar-refractivity contribution in [3.8, 4) is 22.6 Å². The molecule has 0 radical (unpaired) electrons. The first-order valence-electron chi connectivity index (χ1n) is 8.63. The van der Waals surface area contributed by atoms with Crippen LogP contribution in [0.25, 0.3) is 28.7 Å². The minimum Gasteiger partial charge on any atom is -0.457 e. The summed E-state index contributed by atoms with van der Waals surface area (Å²) in [5.41, 5.74) is 1.48. The number of rotatable bonds is 5. The molecule has 6 heteroatoms. The Morgan fingerprint density at radius 3 is 2.28 bits per heavy atom. The number of hydrogen-bond donors (Lipinski definition) is 0. The summed E-state index contributed by atoms with van der Waals surface area (Å²) in [7, 11) is 0. The normalized spacial score (nSPS) is 11.3. The second-order valence-corrected chi connectivity index (χ2v) is 7.48. The van der Waals surface area contributed by atoms with Gasteiger partial charge in [-0.2, -0.15) is 0 Å². The van der Waals surface area contributed by atoms with E-state index in [9.17, 15) is 4.79 Å². The van der Waals surface area contributed by atoms with Crippen molar-refractivity contribution < 1.29 is 13.6 Å². The molecule has 0 aliphatic carbocycles. The zero-order valence-corrected chi connectivity index (χ0v) is 17.1. The van der Waals surface area contributed by atoms with Crippen molar-refractivity contribution in [3.05, 3.63) is 99.4 Å². The van der Waals surface area contributed by atoms with Crippen molar-refractivity contribution in [1.29, 1.82) is 0 Å². The molecule has 0 spiro atoms. The van der Waals surface area contributed by atoms with Crippen molar-refractivity contribution in [2.75, 3.05) is 0 Å². The summed E-state index contributed by atoms with van der Waals surface area (Å²) in [6.45, 7) is 0. The monoisotopic (exact) mass is 442 g/mol. The summed E-state index contributed by atoms with van der Waals surface area (Å²) >= 11 is 18.2. The molecule has 2 aromatic carbocycles. The average Bonchev–Trinajstić information content (AvgIpc) is 3.36. The Balaban J connectivity index is 1.51. The van der Waals surface area contributed by atoms with Crippen molar-refractivity contribution in [3.63, 3.8) is 0 Å². The van der Waals surface area contributed by atoms with Crippen LogP contribution in [0.4, 0.5) is 0 Å². The lowest BCUT2D eigenvalue weighted by atomic mass is 10.2. The van der Waals surface area contributed by atoms with Crippen molar-refractivity contribution in [2.24, 2.45) is 0 Å². The number of hydrogen-bond acceptors (Lipinski definition) is 3. The third-order valence-corrected chi connectivity index (χ3v) is 4.93. The molecule has 4 rings (SSSR count).